The zero-order valence-electron chi connectivity index (χ0n) is 30.1. The minimum Gasteiger partial charge on any atom is -0.492 e. The number of nitrogens with zero attached hydrogens (tertiary/aromatic N) is 4. The van der Waals surface area contributed by atoms with Crippen molar-refractivity contribution in [1.82, 2.24) is 14.8 Å². The molecule has 0 bridgehead atoms. The lowest BCUT2D eigenvalue weighted by molar-refractivity contribution is 0.177. The van der Waals surface area contributed by atoms with E-state index >= 15 is 0 Å². The quantitative estimate of drug-likeness (QED) is 0.127. The molecule has 2 aliphatic heterocycles. The number of halogens is 2. The molecule has 0 radical (unpaired) electrons. The topological polar surface area (TPSA) is 70.9 Å². The first-order valence-corrected chi connectivity index (χ1v) is 19.6. The zero-order chi connectivity index (χ0) is 35.9. The summed E-state index contributed by atoms with van der Waals surface area (Å²) in [6.45, 7) is 9.57. The first-order chi connectivity index (χ1) is 25.4. The van der Waals surface area contributed by atoms with Crippen molar-refractivity contribution in [1.29, 1.82) is 5.26 Å². The molecule has 9 heteroatoms. The van der Waals surface area contributed by atoms with Crippen LogP contribution in [0.3, 0.4) is 0 Å². The van der Waals surface area contributed by atoms with Crippen molar-refractivity contribution in [2.75, 3.05) is 39.3 Å². The maximum absolute atomic E-state index is 9.36. The summed E-state index contributed by atoms with van der Waals surface area (Å²) in [5, 5.41) is 10.6. The summed E-state index contributed by atoms with van der Waals surface area (Å²) in [6.07, 6.45) is 12.0. The Kier molecular flexibility index (Phi) is 12.2. The fraction of sp³-hybridized carbons (Fsp3) is 0.442. The van der Waals surface area contributed by atoms with E-state index in [9.17, 15) is 5.26 Å². The molecule has 3 aromatic carbocycles. The molecule has 4 aromatic rings. The third-order valence-electron chi connectivity index (χ3n) is 10.8. The molecule has 1 aromatic heterocycles. The van der Waals surface area contributed by atoms with Gasteiger partial charge in [0.25, 0.3) is 0 Å². The number of rotatable bonds is 13. The molecule has 272 valence electrons. The molecule has 1 aliphatic carbocycles. The van der Waals surface area contributed by atoms with Crippen LogP contribution in [0.2, 0.25) is 10.0 Å². The van der Waals surface area contributed by atoms with Crippen LogP contribution in [0.25, 0.3) is 11.1 Å². The van der Waals surface area contributed by atoms with E-state index in [2.05, 4.69) is 52.0 Å². The molecule has 1 atom stereocenters. The first kappa shape index (κ1) is 36.6. The number of hydrogen-bond donors (Lipinski definition) is 0. The second kappa shape index (κ2) is 17.4. The number of hydrogen-bond acceptors (Lipinski definition) is 7. The maximum atomic E-state index is 9.36. The highest BCUT2D eigenvalue weighted by Crippen LogP contribution is 2.45. The predicted octanol–water partition coefficient (Wildman–Crippen LogP) is 10.1. The largest absolute Gasteiger partial charge is 0.492 e. The van der Waals surface area contributed by atoms with E-state index in [1.54, 1.807) is 12.4 Å². The highest BCUT2D eigenvalue weighted by molar-refractivity contribution is 6.35. The second-order valence-corrected chi connectivity index (χ2v) is 15.4. The van der Waals surface area contributed by atoms with E-state index < -0.39 is 0 Å². The van der Waals surface area contributed by atoms with E-state index in [1.165, 1.54) is 50.8 Å². The molecule has 52 heavy (non-hydrogen) atoms. The molecular formula is C43H48Cl2N4O3. The molecule has 2 saturated heterocycles. The minimum atomic E-state index is -0.166. The van der Waals surface area contributed by atoms with Gasteiger partial charge < -0.3 is 19.1 Å². The summed E-state index contributed by atoms with van der Waals surface area (Å²) >= 11 is 14.0. The Labute approximate surface area is 318 Å². The van der Waals surface area contributed by atoms with Crippen molar-refractivity contribution in [3.63, 3.8) is 0 Å². The van der Waals surface area contributed by atoms with Crippen molar-refractivity contribution in [2.45, 2.75) is 77.5 Å². The third kappa shape index (κ3) is 8.86. The van der Waals surface area contributed by atoms with Gasteiger partial charge in [-0.3, -0.25) is 9.88 Å². The number of benzene rings is 3. The Balaban J connectivity index is 1.07. The van der Waals surface area contributed by atoms with Crippen LogP contribution in [-0.2, 0) is 19.6 Å². The van der Waals surface area contributed by atoms with Crippen molar-refractivity contribution in [3.05, 3.63) is 105 Å². The molecule has 1 unspecified atom stereocenters. The van der Waals surface area contributed by atoms with Crippen LogP contribution in [0.4, 0.5) is 0 Å². The van der Waals surface area contributed by atoms with Gasteiger partial charge in [0.15, 0.2) is 0 Å². The minimum absolute atomic E-state index is 0.166. The van der Waals surface area contributed by atoms with E-state index in [0.29, 0.717) is 28.0 Å². The van der Waals surface area contributed by atoms with Crippen LogP contribution < -0.4 is 14.2 Å². The van der Waals surface area contributed by atoms with Gasteiger partial charge in [0.05, 0.1) is 22.2 Å². The van der Waals surface area contributed by atoms with Gasteiger partial charge in [-0.05, 0) is 112 Å². The molecule has 3 heterocycles. The number of nitriles is 1. The second-order valence-electron chi connectivity index (χ2n) is 14.6. The van der Waals surface area contributed by atoms with E-state index in [0.717, 1.165) is 90.7 Å². The van der Waals surface area contributed by atoms with Gasteiger partial charge in [-0.25, -0.2) is 0 Å². The summed E-state index contributed by atoms with van der Waals surface area (Å²) in [6, 6.07) is 20.4. The third-order valence-corrected chi connectivity index (χ3v) is 11.5. The highest BCUT2D eigenvalue weighted by atomic mass is 35.5. The molecule has 0 N–H and O–H groups in total. The standard InChI is InChI=1S/C43H48Cl2N4O3/c1-30-14-19-48(20-15-30)18-7-21-50-40-11-6-10-37(43(40)45)34-8-5-9-36-35(34)12-13-39(36)52-42-24-41(51-29-32-22-31(25-46)26-47-27-32)33(23-38(42)44)28-49-16-3-2-4-17-49/h5-6,8-11,22-24,26-27,30,39H,2-4,7,12-21,28-29H2,1H3. The monoisotopic (exact) mass is 738 g/mol. The molecule has 0 amide bonds. The van der Waals surface area contributed by atoms with Gasteiger partial charge in [-0.15, -0.1) is 0 Å². The molecule has 7 rings (SSSR count). The fourth-order valence-corrected chi connectivity index (χ4v) is 8.32. The summed E-state index contributed by atoms with van der Waals surface area (Å²) < 4.78 is 19.4. The van der Waals surface area contributed by atoms with Crippen LogP contribution in [0, 0.1) is 17.2 Å². The number of piperidine rings is 2. The number of aromatic nitrogens is 1. The van der Waals surface area contributed by atoms with Gasteiger partial charge >= 0.3 is 0 Å². The SMILES string of the molecule is CC1CCN(CCCOc2cccc(-c3cccc4c3CCC4Oc3cc(OCc4cncc(C#N)c4)c(CN4CCCCC4)cc3Cl)c2Cl)CC1. The molecular weight excluding hydrogens is 691 g/mol. The Bertz CT molecular complexity index is 1880. The normalized spacial score (nSPS) is 18.2. The average Bonchev–Trinajstić information content (AvgIpc) is 3.58. The van der Waals surface area contributed by atoms with Gasteiger partial charge in [-0.2, -0.15) is 5.26 Å². The van der Waals surface area contributed by atoms with Gasteiger partial charge in [0, 0.05) is 48.2 Å². The number of pyridine rings is 1. The number of likely N-dealkylation sites (tertiary alicyclic amines) is 2. The molecule has 0 saturated carbocycles. The Morgan fingerprint density at radius 3 is 2.48 bits per heavy atom. The average molecular weight is 740 g/mol. The molecule has 7 nitrogen and oxygen atoms in total. The van der Waals surface area contributed by atoms with E-state index in [1.807, 2.05) is 30.3 Å². The van der Waals surface area contributed by atoms with Gasteiger partial charge in [0.2, 0.25) is 0 Å². The summed E-state index contributed by atoms with van der Waals surface area (Å²) in [5.41, 5.74) is 6.84. The lowest BCUT2D eigenvalue weighted by atomic mass is 9.96. The summed E-state index contributed by atoms with van der Waals surface area (Å²) in [7, 11) is 0. The summed E-state index contributed by atoms with van der Waals surface area (Å²) in [5.74, 6) is 2.90. The van der Waals surface area contributed by atoms with Crippen molar-refractivity contribution in [3.8, 4) is 34.4 Å². The van der Waals surface area contributed by atoms with Crippen LogP contribution in [-0.4, -0.2) is 54.1 Å². The van der Waals surface area contributed by atoms with Crippen molar-refractivity contribution in [2.24, 2.45) is 5.92 Å². The van der Waals surface area contributed by atoms with Crippen LogP contribution in [0.15, 0.2) is 67.0 Å². The van der Waals surface area contributed by atoms with Crippen LogP contribution in [0.1, 0.15) is 85.8 Å². The lowest BCUT2D eigenvalue weighted by Gasteiger charge is -2.30. The van der Waals surface area contributed by atoms with Crippen LogP contribution >= 0.6 is 23.2 Å². The summed E-state index contributed by atoms with van der Waals surface area (Å²) in [4.78, 5) is 9.21. The Morgan fingerprint density at radius 1 is 0.846 bits per heavy atom. The Morgan fingerprint density at radius 2 is 1.65 bits per heavy atom. The van der Waals surface area contributed by atoms with E-state index in [4.69, 9.17) is 37.4 Å². The van der Waals surface area contributed by atoms with Crippen molar-refractivity contribution >= 4 is 23.2 Å². The molecule has 3 aliphatic rings. The van der Waals surface area contributed by atoms with Crippen LogP contribution in [0.5, 0.6) is 17.2 Å². The number of ether oxygens (including phenoxy) is 3. The maximum Gasteiger partial charge on any atom is 0.142 e. The smallest absolute Gasteiger partial charge is 0.142 e. The molecule has 2 fully saturated rings. The molecule has 0 spiro atoms. The predicted molar refractivity (Wildman–Crippen MR) is 207 cm³/mol. The number of fused-ring (bicyclic) bond motifs is 1. The van der Waals surface area contributed by atoms with Gasteiger partial charge in [-0.1, -0.05) is 66.9 Å². The zero-order valence-corrected chi connectivity index (χ0v) is 31.6. The van der Waals surface area contributed by atoms with Crippen molar-refractivity contribution < 1.29 is 14.2 Å². The van der Waals surface area contributed by atoms with E-state index in [-0.39, 0.29) is 12.7 Å². The highest BCUT2D eigenvalue weighted by Gasteiger charge is 2.29. The lowest BCUT2D eigenvalue weighted by Crippen LogP contribution is -2.34. The van der Waals surface area contributed by atoms with Gasteiger partial charge in [0.1, 0.15) is 36.0 Å². The first-order valence-electron chi connectivity index (χ1n) is 18.9. The fourth-order valence-electron chi connectivity index (χ4n) is 7.80. The Hall–Kier alpha value is -3.80.